The minimum Gasteiger partial charge on any atom is -0.466 e. The van der Waals surface area contributed by atoms with E-state index < -0.39 is 5.41 Å². The van der Waals surface area contributed by atoms with Crippen LogP contribution in [0, 0.1) is 17.8 Å². The lowest BCUT2D eigenvalue weighted by atomic mass is 9.79. The molecule has 0 aromatic rings. The average Bonchev–Trinajstić information content (AvgIpc) is 2.36. The van der Waals surface area contributed by atoms with Crippen LogP contribution in [0.15, 0.2) is 12.2 Å². The van der Waals surface area contributed by atoms with Crippen LogP contribution in [-0.4, -0.2) is 18.7 Å². The van der Waals surface area contributed by atoms with Crippen LogP contribution in [-0.2, 0) is 19.1 Å². The monoisotopic (exact) mass is 252 g/mol. The molecule has 1 atom stereocenters. The largest absolute Gasteiger partial charge is 0.466 e. The van der Waals surface area contributed by atoms with Crippen LogP contribution >= 0.6 is 0 Å². The summed E-state index contributed by atoms with van der Waals surface area (Å²) in [5.41, 5.74) is -0.530. The molecule has 0 aliphatic heterocycles. The molecule has 100 valence electrons. The third-order valence-electron chi connectivity index (χ3n) is 2.57. The van der Waals surface area contributed by atoms with Gasteiger partial charge in [0.2, 0.25) is 0 Å². The van der Waals surface area contributed by atoms with Gasteiger partial charge in [0.25, 0.3) is 0 Å². The molecule has 4 heteroatoms. The number of esters is 1. The van der Waals surface area contributed by atoms with Gasteiger partial charge in [-0.3, -0.25) is 4.79 Å². The molecule has 0 aliphatic rings. The van der Waals surface area contributed by atoms with Gasteiger partial charge in [0.15, 0.2) is 0 Å². The Morgan fingerprint density at radius 1 is 1.39 bits per heavy atom. The van der Waals surface area contributed by atoms with Crippen LogP contribution in [0.25, 0.3) is 0 Å². The fraction of sp³-hybridized carbons (Fsp3) is 0.571. The number of ether oxygens (including phenoxy) is 1. The van der Waals surface area contributed by atoms with E-state index >= 15 is 0 Å². The molecule has 0 fully saturated rings. The van der Waals surface area contributed by atoms with Gasteiger partial charge in [-0.15, -0.1) is 12.3 Å². The third kappa shape index (κ3) is 6.67. The zero-order valence-corrected chi connectivity index (χ0v) is 11.2. The van der Waals surface area contributed by atoms with Crippen LogP contribution < -0.4 is 0 Å². The van der Waals surface area contributed by atoms with E-state index in [1.54, 1.807) is 0 Å². The Labute approximate surface area is 108 Å². The van der Waals surface area contributed by atoms with Crippen molar-refractivity contribution in [2.45, 2.75) is 40.0 Å². The van der Waals surface area contributed by atoms with E-state index in [1.807, 2.05) is 32.9 Å². The molecule has 4 nitrogen and oxygen atoms in total. The second-order valence-corrected chi connectivity index (χ2v) is 3.59. The van der Waals surface area contributed by atoms with Crippen LogP contribution in [0.2, 0.25) is 0 Å². The highest BCUT2D eigenvalue weighted by molar-refractivity contribution is 5.77. The van der Waals surface area contributed by atoms with E-state index in [9.17, 15) is 4.79 Å². The van der Waals surface area contributed by atoms with Crippen molar-refractivity contribution >= 4 is 12.1 Å². The summed E-state index contributed by atoms with van der Waals surface area (Å²) in [7, 11) is 0. The summed E-state index contributed by atoms with van der Waals surface area (Å²) in [6, 6.07) is 0. The van der Waals surface area contributed by atoms with Crippen molar-refractivity contribution in [2.24, 2.45) is 5.41 Å². The Morgan fingerprint density at radius 3 is 2.28 bits per heavy atom. The molecule has 0 heterocycles. The molecule has 0 aromatic carbocycles. The predicted molar refractivity (Wildman–Crippen MR) is 67.2 cm³/mol. The first-order valence-electron chi connectivity index (χ1n) is 5.79. The summed E-state index contributed by atoms with van der Waals surface area (Å²) in [6.07, 6.45) is 11.3. The van der Waals surface area contributed by atoms with Crippen LogP contribution in [0.3, 0.4) is 0 Å². The summed E-state index contributed by atoms with van der Waals surface area (Å²) in [5.74, 6) is 2.40. The Morgan fingerprint density at radius 2 is 1.94 bits per heavy atom. The number of allylic oxidation sites excluding steroid dienone is 2. The highest BCUT2D eigenvalue weighted by Crippen LogP contribution is 2.32. The minimum atomic E-state index is -0.530. The second-order valence-electron chi connectivity index (χ2n) is 3.59. The molecular weight excluding hydrogens is 232 g/mol. The lowest BCUT2D eigenvalue weighted by Gasteiger charge is -2.27. The summed E-state index contributed by atoms with van der Waals surface area (Å²) in [5, 5.41) is 0. The van der Waals surface area contributed by atoms with Crippen molar-refractivity contribution in [3.05, 3.63) is 12.2 Å². The Bertz CT molecular complexity index is 332. The van der Waals surface area contributed by atoms with E-state index in [4.69, 9.17) is 20.7 Å². The summed E-state index contributed by atoms with van der Waals surface area (Å²) in [6.45, 7) is 6.12. The Hall–Kier alpha value is -1.85. The molecular formula is C14H20O4. The number of carbonyl (C=O) groups excluding carboxylic acids is 3. The smallest absolute Gasteiger partial charge is 0.373 e. The first-order valence-corrected chi connectivity index (χ1v) is 5.79. The van der Waals surface area contributed by atoms with Crippen molar-refractivity contribution < 1.29 is 19.1 Å². The Balaban J connectivity index is 0. The first-order chi connectivity index (χ1) is 8.58. The van der Waals surface area contributed by atoms with Gasteiger partial charge in [0.05, 0.1) is 12.0 Å². The van der Waals surface area contributed by atoms with Crippen molar-refractivity contribution in [1.29, 1.82) is 0 Å². The topological polar surface area (TPSA) is 60.4 Å². The fourth-order valence-corrected chi connectivity index (χ4v) is 1.46. The SMILES string of the molecule is C#CCC(CC)(C/C=C/C)C(=O)OCC.O=C=O. The summed E-state index contributed by atoms with van der Waals surface area (Å²) >= 11 is 0. The highest BCUT2D eigenvalue weighted by atomic mass is 16.5. The van der Waals surface area contributed by atoms with E-state index in [0.717, 1.165) is 0 Å². The van der Waals surface area contributed by atoms with E-state index in [1.165, 1.54) is 0 Å². The maximum Gasteiger partial charge on any atom is 0.373 e. The molecule has 0 spiro atoms. The van der Waals surface area contributed by atoms with Gasteiger partial charge in [-0.1, -0.05) is 19.1 Å². The molecule has 0 N–H and O–H groups in total. The number of rotatable bonds is 6. The number of terminal acetylenes is 1. The van der Waals surface area contributed by atoms with Crippen LogP contribution in [0.4, 0.5) is 0 Å². The molecule has 1 unspecified atom stereocenters. The highest BCUT2D eigenvalue weighted by Gasteiger charge is 2.36. The first kappa shape index (κ1) is 18.5. The van der Waals surface area contributed by atoms with E-state index in [2.05, 4.69) is 5.92 Å². The molecule has 0 bridgehead atoms. The normalized spacial score (nSPS) is 12.6. The van der Waals surface area contributed by atoms with E-state index in [0.29, 0.717) is 25.9 Å². The number of carbonyl (C=O) groups is 1. The molecule has 0 saturated carbocycles. The lowest BCUT2D eigenvalue weighted by molar-refractivity contribution is -0.191. The summed E-state index contributed by atoms with van der Waals surface area (Å²) < 4.78 is 5.08. The zero-order chi connectivity index (χ0) is 14.4. The fourth-order valence-electron chi connectivity index (χ4n) is 1.46. The van der Waals surface area contributed by atoms with Crippen molar-refractivity contribution in [1.82, 2.24) is 0 Å². The quantitative estimate of drug-likeness (QED) is 0.413. The standard InChI is InChI=1S/C13H20O2.CO2/c1-5-9-11-13(7-3,10-6-2)12(14)15-8-4;2-1-3/h2,5,9H,7-8,10-11H2,1,3-4H3;/b9-5+;. The van der Waals surface area contributed by atoms with Gasteiger partial charge in [-0.25, -0.2) is 0 Å². The number of hydrogen-bond acceptors (Lipinski definition) is 4. The second kappa shape index (κ2) is 11.6. The molecule has 18 heavy (non-hydrogen) atoms. The summed E-state index contributed by atoms with van der Waals surface area (Å²) in [4.78, 5) is 28.1. The van der Waals surface area contributed by atoms with Crippen molar-refractivity contribution in [3.8, 4) is 12.3 Å². The molecule has 0 aromatic heterocycles. The van der Waals surface area contributed by atoms with Crippen molar-refractivity contribution in [3.63, 3.8) is 0 Å². The van der Waals surface area contributed by atoms with Crippen LogP contribution in [0.5, 0.6) is 0 Å². The van der Waals surface area contributed by atoms with Gasteiger partial charge in [0, 0.05) is 6.42 Å². The van der Waals surface area contributed by atoms with Gasteiger partial charge >= 0.3 is 12.1 Å². The van der Waals surface area contributed by atoms with Crippen molar-refractivity contribution in [2.75, 3.05) is 6.61 Å². The molecule has 0 aliphatic carbocycles. The molecule has 0 rings (SSSR count). The predicted octanol–water partition coefficient (Wildman–Crippen LogP) is 2.35. The Kier molecular flexibility index (Phi) is 12.0. The van der Waals surface area contributed by atoms with E-state index in [-0.39, 0.29) is 12.1 Å². The minimum absolute atomic E-state index is 0.177. The molecule has 0 saturated heterocycles. The third-order valence-corrected chi connectivity index (χ3v) is 2.57. The molecule has 0 amide bonds. The van der Waals surface area contributed by atoms with Gasteiger partial charge in [-0.2, -0.15) is 9.59 Å². The van der Waals surface area contributed by atoms with Crippen LogP contribution in [0.1, 0.15) is 40.0 Å². The zero-order valence-electron chi connectivity index (χ0n) is 11.2. The van der Waals surface area contributed by atoms with Gasteiger partial charge < -0.3 is 4.74 Å². The average molecular weight is 252 g/mol. The molecule has 0 radical (unpaired) electrons. The van der Waals surface area contributed by atoms with Gasteiger partial charge in [0.1, 0.15) is 0 Å². The lowest BCUT2D eigenvalue weighted by Crippen LogP contribution is -2.31. The maximum absolute atomic E-state index is 11.8. The maximum atomic E-state index is 11.8. The number of hydrogen-bond donors (Lipinski definition) is 0. The van der Waals surface area contributed by atoms with Gasteiger partial charge in [-0.05, 0) is 26.7 Å².